The summed E-state index contributed by atoms with van der Waals surface area (Å²) in [5.41, 5.74) is 0.537. The Balaban J connectivity index is 2.25. The van der Waals surface area contributed by atoms with Gasteiger partial charge in [-0.3, -0.25) is 20.2 Å². The van der Waals surface area contributed by atoms with E-state index in [2.05, 4.69) is 0 Å². The van der Waals surface area contributed by atoms with Crippen LogP contribution in [0.5, 0.6) is 0 Å². The zero-order valence-corrected chi connectivity index (χ0v) is 9.52. The van der Waals surface area contributed by atoms with Gasteiger partial charge in [-0.25, -0.2) is 4.79 Å². The Morgan fingerprint density at radius 1 is 1.22 bits per heavy atom. The molecule has 0 aliphatic carbocycles. The molecule has 0 atom stereocenters. The number of imide groups is 2. The minimum Gasteiger partial charge on any atom is -0.465 e. The molecule has 0 unspecified atom stereocenters. The topological polar surface area (TPSA) is 88.4 Å². The van der Waals surface area contributed by atoms with Crippen molar-refractivity contribution in [3.63, 3.8) is 0 Å². The van der Waals surface area contributed by atoms with Gasteiger partial charge in [0.1, 0.15) is 11.3 Å². The SMILES string of the molecule is CC(=Cc1ccco1)C=C1C(=O)NC(=O)NC1=O. The van der Waals surface area contributed by atoms with Crippen LogP contribution in [-0.2, 0) is 9.59 Å². The van der Waals surface area contributed by atoms with Crippen LogP contribution in [-0.4, -0.2) is 17.8 Å². The van der Waals surface area contributed by atoms with Gasteiger partial charge in [-0.15, -0.1) is 0 Å². The predicted molar refractivity (Wildman–Crippen MR) is 62.1 cm³/mol. The van der Waals surface area contributed by atoms with E-state index >= 15 is 0 Å². The Morgan fingerprint density at radius 3 is 2.44 bits per heavy atom. The van der Waals surface area contributed by atoms with Crippen molar-refractivity contribution in [2.75, 3.05) is 0 Å². The Morgan fingerprint density at radius 2 is 1.89 bits per heavy atom. The second-order valence-electron chi connectivity index (χ2n) is 3.70. The molecule has 0 spiro atoms. The van der Waals surface area contributed by atoms with Crippen LogP contribution in [0.1, 0.15) is 12.7 Å². The number of urea groups is 1. The van der Waals surface area contributed by atoms with Gasteiger partial charge in [0.05, 0.1) is 6.26 Å². The average molecular weight is 246 g/mol. The molecule has 18 heavy (non-hydrogen) atoms. The summed E-state index contributed by atoms with van der Waals surface area (Å²) >= 11 is 0. The maximum absolute atomic E-state index is 11.4. The lowest BCUT2D eigenvalue weighted by molar-refractivity contribution is -0.124. The first-order valence-electron chi connectivity index (χ1n) is 5.16. The number of rotatable bonds is 2. The summed E-state index contributed by atoms with van der Waals surface area (Å²) in [6, 6.07) is 2.66. The number of carbonyl (C=O) groups is 3. The smallest absolute Gasteiger partial charge is 0.328 e. The van der Waals surface area contributed by atoms with Crippen molar-refractivity contribution in [1.29, 1.82) is 0 Å². The van der Waals surface area contributed by atoms with Crippen molar-refractivity contribution in [1.82, 2.24) is 10.6 Å². The van der Waals surface area contributed by atoms with Crippen molar-refractivity contribution in [2.24, 2.45) is 0 Å². The first-order chi connectivity index (χ1) is 8.56. The first-order valence-corrected chi connectivity index (χ1v) is 5.16. The van der Waals surface area contributed by atoms with Crippen LogP contribution in [0.4, 0.5) is 4.79 Å². The van der Waals surface area contributed by atoms with Gasteiger partial charge in [0, 0.05) is 0 Å². The molecule has 1 aromatic rings. The largest absolute Gasteiger partial charge is 0.465 e. The van der Waals surface area contributed by atoms with Crippen LogP contribution in [0.2, 0.25) is 0 Å². The molecule has 92 valence electrons. The van der Waals surface area contributed by atoms with Crippen LogP contribution in [0, 0.1) is 0 Å². The molecular formula is C12H10N2O4. The predicted octanol–water partition coefficient (Wildman–Crippen LogP) is 0.975. The fraction of sp³-hybridized carbons (Fsp3) is 0.0833. The molecule has 0 bridgehead atoms. The summed E-state index contributed by atoms with van der Waals surface area (Å²) in [5, 5.41) is 3.99. The number of nitrogens with one attached hydrogen (secondary N) is 2. The van der Waals surface area contributed by atoms with Crippen molar-refractivity contribution >= 4 is 23.9 Å². The molecule has 2 rings (SSSR count). The van der Waals surface area contributed by atoms with Gasteiger partial charge < -0.3 is 4.42 Å². The molecule has 1 aliphatic heterocycles. The molecule has 0 saturated carbocycles. The molecule has 4 amide bonds. The third-order valence-electron chi connectivity index (χ3n) is 2.23. The van der Waals surface area contributed by atoms with Crippen LogP contribution < -0.4 is 10.6 Å². The quantitative estimate of drug-likeness (QED) is 0.601. The molecule has 1 aliphatic rings. The molecule has 2 heterocycles. The fourth-order valence-electron chi connectivity index (χ4n) is 1.47. The number of furan rings is 1. The molecule has 2 N–H and O–H groups in total. The average Bonchev–Trinajstić information content (AvgIpc) is 2.76. The van der Waals surface area contributed by atoms with Crippen molar-refractivity contribution < 1.29 is 18.8 Å². The summed E-state index contributed by atoms with van der Waals surface area (Å²) in [5.74, 6) is -0.816. The number of allylic oxidation sites excluding steroid dienone is 2. The second kappa shape index (κ2) is 4.70. The molecule has 6 heteroatoms. The van der Waals surface area contributed by atoms with Crippen LogP contribution in [0.15, 0.2) is 40.0 Å². The van der Waals surface area contributed by atoms with E-state index in [4.69, 9.17) is 4.42 Å². The number of amides is 4. The summed E-state index contributed by atoms with van der Waals surface area (Å²) in [7, 11) is 0. The van der Waals surface area contributed by atoms with E-state index in [1.807, 2.05) is 10.6 Å². The van der Waals surface area contributed by atoms with E-state index in [-0.39, 0.29) is 5.57 Å². The highest BCUT2D eigenvalue weighted by atomic mass is 16.3. The molecule has 0 aromatic carbocycles. The Bertz CT molecular complexity index is 545. The van der Waals surface area contributed by atoms with Gasteiger partial charge >= 0.3 is 6.03 Å². The minimum absolute atomic E-state index is 0.116. The fourth-order valence-corrected chi connectivity index (χ4v) is 1.47. The lowest BCUT2D eigenvalue weighted by Crippen LogP contribution is -2.51. The molecule has 1 fully saturated rings. The van der Waals surface area contributed by atoms with Crippen molar-refractivity contribution in [3.8, 4) is 0 Å². The van der Waals surface area contributed by atoms with Crippen LogP contribution in [0.3, 0.4) is 0 Å². The van der Waals surface area contributed by atoms with Crippen LogP contribution in [0.25, 0.3) is 6.08 Å². The molecule has 0 radical (unpaired) electrons. The monoisotopic (exact) mass is 246 g/mol. The number of hydrogen-bond donors (Lipinski definition) is 2. The van der Waals surface area contributed by atoms with E-state index < -0.39 is 17.8 Å². The van der Waals surface area contributed by atoms with Gasteiger partial charge in [0.25, 0.3) is 11.8 Å². The van der Waals surface area contributed by atoms with E-state index in [9.17, 15) is 14.4 Å². The first kappa shape index (κ1) is 11.8. The number of carbonyl (C=O) groups excluding carboxylic acids is 3. The minimum atomic E-state index is -0.810. The van der Waals surface area contributed by atoms with Crippen molar-refractivity contribution in [2.45, 2.75) is 6.92 Å². The second-order valence-corrected chi connectivity index (χ2v) is 3.70. The van der Waals surface area contributed by atoms with E-state index in [0.717, 1.165) is 0 Å². The summed E-state index contributed by atoms with van der Waals surface area (Å²) < 4.78 is 5.10. The molecule has 6 nitrogen and oxygen atoms in total. The zero-order chi connectivity index (χ0) is 13.1. The third-order valence-corrected chi connectivity index (χ3v) is 2.23. The highest BCUT2D eigenvalue weighted by molar-refractivity contribution is 6.29. The highest BCUT2D eigenvalue weighted by Crippen LogP contribution is 2.11. The lowest BCUT2D eigenvalue weighted by atomic mass is 10.1. The standard InChI is InChI=1S/C12H10N2O4/c1-7(5-8-3-2-4-18-8)6-9-10(15)13-12(17)14-11(9)16/h2-6H,1H3,(H2,13,14,15,16,17). The van der Waals surface area contributed by atoms with E-state index in [0.29, 0.717) is 11.3 Å². The normalized spacial score (nSPS) is 16.4. The molecular weight excluding hydrogens is 236 g/mol. The Labute approximate surface area is 102 Å². The molecule has 1 aromatic heterocycles. The van der Waals surface area contributed by atoms with Gasteiger partial charge in [0.15, 0.2) is 0 Å². The highest BCUT2D eigenvalue weighted by Gasteiger charge is 2.27. The summed E-state index contributed by atoms with van der Waals surface area (Å²) in [6.07, 6.45) is 4.58. The summed E-state index contributed by atoms with van der Waals surface area (Å²) in [4.78, 5) is 33.7. The lowest BCUT2D eigenvalue weighted by Gasteiger charge is -2.13. The van der Waals surface area contributed by atoms with Gasteiger partial charge in [0.2, 0.25) is 0 Å². The van der Waals surface area contributed by atoms with Gasteiger partial charge in [-0.2, -0.15) is 0 Å². The maximum Gasteiger partial charge on any atom is 0.328 e. The van der Waals surface area contributed by atoms with E-state index in [1.165, 1.54) is 12.3 Å². The molecule has 1 saturated heterocycles. The summed E-state index contributed by atoms with van der Waals surface area (Å²) in [6.45, 7) is 1.71. The van der Waals surface area contributed by atoms with Gasteiger partial charge in [-0.1, -0.05) is 0 Å². The maximum atomic E-state index is 11.4. The van der Waals surface area contributed by atoms with Crippen molar-refractivity contribution in [3.05, 3.63) is 41.4 Å². The number of barbiturate groups is 1. The third kappa shape index (κ3) is 2.54. The van der Waals surface area contributed by atoms with E-state index in [1.54, 1.807) is 25.1 Å². The Kier molecular flexibility index (Phi) is 3.09. The van der Waals surface area contributed by atoms with Crippen LogP contribution >= 0.6 is 0 Å². The number of hydrogen-bond acceptors (Lipinski definition) is 4. The Hall–Kier alpha value is -2.63. The van der Waals surface area contributed by atoms with Gasteiger partial charge in [-0.05, 0) is 36.8 Å². The zero-order valence-electron chi connectivity index (χ0n) is 9.52.